The SMILES string of the molecule is COc1cccc(CNC(=O)c2cncn2-c2ccccc2)c1OC. The quantitative estimate of drug-likeness (QED) is 0.751. The van der Waals surface area contributed by atoms with E-state index in [1.54, 1.807) is 31.3 Å². The van der Waals surface area contributed by atoms with Gasteiger partial charge < -0.3 is 14.8 Å². The molecule has 1 N–H and O–H groups in total. The number of amides is 1. The molecule has 0 saturated carbocycles. The van der Waals surface area contributed by atoms with Crippen LogP contribution in [-0.2, 0) is 6.54 Å². The first-order valence-corrected chi connectivity index (χ1v) is 7.80. The second-order valence-electron chi connectivity index (χ2n) is 5.32. The number of benzene rings is 2. The van der Waals surface area contributed by atoms with Crippen molar-refractivity contribution >= 4 is 5.91 Å². The molecule has 0 atom stereocenters. The lowest BCUT2D eigenvalue weighted by Crippen LogP contribution is -2.25. The Balaban J connectivity index is 1.78. The Morgan fingerprint density at radius 1 is 1.08 bits per heavy atom. The van der Waals surface area contributed by atoms with Crippen LogP contribution in [0.4, 0.5) is 0 Å². The van der Waals surface area contributed by atoms with E-state index in [0.717, 1.165) is 11.3 Å². The molecular formula is C19H19N3O3. The topological polar surface area (TPSA) is 65.4 Å². The number of nitrogens with one attached hydrogen (secondary N) is 1. The molecule has 0 bridgehead atoms. The predicted molar refractivity (Wildman–Crippen MR) is 94.3 cm³/mol. The molecule has 128 valence electrons. The van der Waals surface area contributed by atoms with Gasteiger partial charge in [0.05, 0.1) is 26.7 Å². The molecule has 2 aromatic carbocycles. The van der Waals surface area contributed by atoms with E-state index in [1.807, 2.05) is 48.5 Å². The van der Waals surface area contributed by atoms with E-state index in [2.05, 4.69) is 10.3 Å². The molecule has 6 heteroatoms. The molecule has 1 heterocycles. The third kappa shape index (κ3) is 3.47. The van der Waals surface area contributed by atoms with Crippen molar-refractivity contribution in [1.29, 1.82) is 0 Å². The molecule has 1 aromatic heterocycles. The molecule has 1 amide bonds. The number of aromatic nitrogens is 2. The van der Waals surface area contributed by atoms with Crippen molar-refractivity contribution in [2.24, 2.45) is 0 Å². The highest BCUT2D eigenvalue weighted by Gasteiger charge is 2.15. The molecule has 3 aromatic rings. The summed E-state index contributed by atoms with van der Waals surface area (Å²) >= 11 is 0. The molecule has 0 unspecified atom stereocenters. The van der Waals surface area contributed by atoms with E-state index >= 15 is 0 Å². The lowest BCUT2D eigenvalue weighted by atomic mass is 10.2. The minimum Gasteiger partial charge on any atom is -0.493 e. The number of hydrogen-bond donors (Lipinski definition) is 1. The summed E-state index contributed by atoms with van der Waals surface area (Å²) in [5, 5.41) is 2.90. The van der Waals surface area contributed by atoms with Gasteiger partial charge in [-0.1, -0.05) is 30.3 Å². The highest BCUT2D eigenvalue weighted by atomic mass is 16.5. The van der Waals surface area contributed by atoms with Gasteiger partial charge in [-0.25, -0.2) is 4.98 Å². The molecule has 0 spiro atoms. The molecule has 0 aliphatic heterocycles. The van der Waals surface area contributed by atoms with Crippen LogP contribution >= 0.6 is 0 Å². The number of methoxy groups -OCH3 is 2. The van der Waals surface area contributed by atoms with Crippen LogP contribution in [0.5, 0.6) is 11.5 Å². The summed E-state index contributed by atoms with van der Waals surface area (Å²) in [6.07, 6.45) is 3.17. The van der Waals surface area contributed by atoms with Gasteiger partial charge in [-0.3, -0.25) is 9.36 Å². The van der Waals surface area contributed by atoms with Crippen LogP contribution < -0.4 is 14.8 Å². The maximum Gasteiger partial charge on any atom is 0.270 e. The van der Waals surface area contributed by atoms with Gasteiger partial charge in [0.1, 0.15) is 5.69 Å². The Labute approximate surface area is 146 Å². The fraction of sp³-hybridized carbons (Fsp3) is 0.158. The number of nitrogens with zero attached hydrogens (tertiary/aromatic N) is 2. The molecular weight excluding hydrogens is 318 g/mol. The van der Waals surface area contributed by atoms with Gasteiger partial charge in [0.2, 0.25) is 0 Å². The van der Waals surface area contributed by atoms with E-state index in [0.29, 0.717) is 23.7 Å². The Morgan fingerprint density at radius 3 is 2.60 bits per heavy atom. The maximum atomic E-state index is 12.6. The van der Waals surface area contributed by atoms with Gasteiger partial charge in [-0.05, 0) is 18.2 Å². The molecule has 0 saturated heterocycles. The maximum absolute atomic E-state index is 12.6. The van der Waals surface area contributed by atoms with Crippen molar-refractivity contribution in [3.8, 4) is 17.2 Å². The summed E-state index contributed by atoms with van der Waals surface area (Å²) in [6.45, 7) is 0.319. The minimum absolute atomic E-state index is 0.216. The smallest absolute Gasteiger partial charge is 0.270 e. The Hall–Kier alpha value is -3.28. The monoisotopic (exact) mass is 337 g/mol. The van der Waals surface area contributed by atoms with Crippen LogP contribution in [0.3, 0.4) is 0 Å². The number of para-hydroxylation sites is 2. The van der Waals surface area contributed by atoms with Gasteiger partial charge in [0.25, 0.3) is 5.91 Å². The van der Waals surface area contributed by atoms with Crippen LogP contribution in [0.1, 0.15) is 16.1 Å². The first-order chi connectivity index (χ1) is 12.2. The largest absolute Gasteiger partial charge is 0.493 e. The zero-order chi connectivity index (χ0) is 17.6. The Bertz CT molecular complexity index is 859. The lowest BCUT2D eigenvalue weighted by molar-refractivity contribution is 0.0944. The summed E-state index contributed by atoms with van der Waals surface area (Å²) in [6, 6.07) is 15.2. The van der Waals surface area contributed by atoms with Crippen molar-refractivity contribution in [2.75, 3.05) is 14.2 Å². The molecule has 0 aliphatic rings. The molecule has 0 radical (unpaired) electrons. The molecule has 6 nitrogen and oxygen atoms in total. The third-order valence-corrected chi connectivity index (χ3v) is 3.83. The van der Waals surface area contributed by atoms with Crippen LogP contribution in [0.2, 0.25) is 0 Å². The number of hydrogen-bond acceptors (Lipinski definition) is 4. The summed E-state index contributed by atoms with van der Waals surface area (Å²) < 4.78 is 12.4. The van der Waals surface area contributed by atoms with Gasteiger partial charge in [0, 0.05) is 17.8 Å². The van der Waals surface area contributed by atoms with E-state index in [1.165, 1.54) is 0 Å². The number of imidazole rings is 1. The first-order valence-electron chi connectivity index (χ1n) is 7.80. The fourth-order valence-corrected chi connectivity index (χ4v) is 2.62. The van der Waals surface area contributed by atoms with Crippen LogP contribution in [0.15, 0.2) is 61.1 Å². The van der Waals surface area contributed by atoms with Gasteiger partial charge >= 0.3 is 0 Å². The summed E-state index contributed by atoms with van der Waals surface area (Å²) in [5.41, 5.74) is 2.18. The van der Waals surface area contributed by atoms with E-state index < -0.39 is 0 Å². The van der Waals surface area contributed by atoms with Crippen molar-refractivity contribution in [1.82, 2.24) is 14.9 Å². The predicted octanol–water partition coefficient (Wildman–Crippen LogP) is 2.82. The van der Waals surface area contributed by atoms with E-state index in [9.17, 15) is 4.79 Å². The second kappa shape index (κ2) is 7.53. The number of ether oxygens (including phenoxy) is 2. The average molecular weight is 337 g/mol. The Morgan fingerprint density at radius 2 is 1.88 bits per heavy atom. The van der Waals surface area contributed by atoms with Crippen molar-refractivity contribution < 1.29 is 14.3 Å². The van der Waals surface area contributed by atoms with Crippen molar-refractivity contribution in [2.45, 2.75) is 6.54 Å². The fourth-order valence-electron chi connectivity index (χ4n) is 2.62. The van der Waals surface area contributed by atoms with Crippen LogP contribution in [0, 0.1) is 0 Å². The minimum atomic E-state index is -0.216. The third-order valence-electron chi connectivity index (χ3n) is 3.83. The van der Waals surface area contributed by atoms with Gasteiger partial charge in [-0.15, -0.1) is 0 Å². The highest BCUT2D eigenvalue weighted by molar-refractivity contribution is 5.93. The summed E-state index contributed by atoms with van der Waals surface area (Å²) in [7, 11) is 3.16. The van der Waals surface area contributed by atoms with Gasteiger partial charge in [-0.2, -0.15) is 0 Å². The van der Waals surface area contributed by atoms with Crippen LogP contribution in [-0.4, -0.2) is 29.7 Å². The lowest BCUT2D eigenvalue weighted by Gasteiger charge is -2.13. The molecule has 3 rings (SSSR count). The standard InChI is InChI=1S/C19H19N3O3/c1-24-17-10-6-7-14(18(17)25-2)11-21-19(23)16-12-20-13-22(16)15-8-4-3-5-9-15/h3-10,12-13H,11H2,1-2H3,(H,21,23). The normalized spacial score (nSPS) is 10.3. The van der Waals surface area contributed by atoms with E-state index in [-0.39, 0.29) is 5.91 Å². The molecule has 0 aliphatic carbocycles. The number of carbonyl (C=O) groups excluding carboxylic acids is 1. The summed E-state index contributed by atoms with van der Waals surface area (Å²) in [4.78, 5) is 16.7. The number of rotatable bonds is 6. The van der Waals surface area contributed by atoms with Crippen molar-refractivity contribution in [3.63, 3.8) is 0 Å². The van der Waals surface area contributed by atoms with E-state index in [4.69, 9.17) is 9.47 Å². The molecule has 25 heavy (non-hydrogen) atoms. The average Bonchev–Trinajstić information content (AvgIpc) is 3.16. The van der Waals surface area contributed by atoms with Crippen LogP contribution in [0.25, 0.3) is 5.69 Å². The second-order valence-corrected chi connectivity index (χ2v) is 5.32. The van der Waals surface area contributed by atoms with Gasteiger partial charge in [0.15, 0.2) is 11.5 Å². The molecule has 0 fully saturated rings. The summed E-state index contributed by atoms with van der Waals surface area (Å²) in [5.74, 6) is 1.02. The highest BCUT2D eigenvalue weighted by Crippen LogP contribution is 2.30. The zero-order valence-corrected chi connectivity index (χ0v) is 14.1. The van der Waals surface area contributed by atoms with Crippen molar-refractivity contribution in [3.05, 3.63) is 72.3 Å². The Kier molecular flexibility index (Phi) is 4.99. The zero-order valence-electron chi connectivity index (χ0n) is 14.1. The number of carbonyl (C=O) groups is 1. The first kappa shape index (κ1) is 16.6.